The predicted molar refractivity (Wildman–Crippen MR) is 90.1 cm³/mol. The Labute approximate surface area is 141 Å². The number of piperidine rings is 1. The van der Waals surface area contributed by atoms with Gasteiger partial charge in [0.05, 0.1) is 0 Å². The predicted octanol–water partition coefficient (Wildman–Crippen LogP) is 0.963. The van der Waals surface area contributed by atoms with Crippen LogP contribution in [0.15, 0.2) is 30.3 Å². The van der Waals surface area contributed by atoms with Gasteiger partial charge in [0.1, 0.15) is 11.9 Å². The van der Waals surface area contributed by atoms with Crippen molar-refractivity contribution in [2.45, 2.75) is 32.2 Å². The maximum absolute atomic E-state index is 13.1. The first kappa shape index (κ1) is 16.6. The third-order valence-corrected chi connectivity index (χ3v) is 4.77. The number of nitrogens with zero attached hydrogens (tertiary/aromatic N) is 5. The molecule has 1 atom stereocenters. The summed E-state index contributed by atoms with van der Waals surface area (Å²) < 4.78 is 1.64. The van der Waals surface area contributed by atoms with E-state index in [4.69, 9.17) is 5.73 Å². The SMILES string of the molecule is Cc1nnnn1C(Cc1ccccc1)C(=O)N1CCC(CN)CC1. The summed E-state index contributed by atoms with van der Waals surface area (Å²) in [4.78, 5) is 15.1. The molecular formula is C17H24N6O. The summed E-state index contributed by atoms with van der Waals surface area (Å²) in [6.07, 6.45) is 2.52. The summed E-state index contributed by atoms with van der Waals surface area (Å²) in [6.45, 7) is 4.04. The molecule has 7 nitrogen and oxygen atoms in total. The van der Waals surface area contributed by atoms with E-state index in [1.165, 1.54) is 0 Å². The molecule has 7 heteroatoms. The van der Waals surface area contributed by atoms with Crippen molar-refractivity contribution in [2.24, 2.45) is 11.7 Å². The summed E-state index contributed by atoms with van der Waals surface area (Å²) in [6, 6.07) is 9.59. The second-order valence-corrected chi connectivity index (χ2v) is 6.38. The number of hydrogen-bond acceptors (Lipinski definition) is 5. The Balaban J connectivity index is 1.79. The number of aromatic nitrogens is 4. The molecule has 1 amide bonds. The maximum Gasteiger partial charge on any atom is 0.247 e. The van der Waals surface area contributed by atoms with Gasteiger partial charge in [-0.05, 0) is 48.2 Å². The van der Waals surface area contributed by atoms with Crippen molar-refractivity contribution in [1.29, 1.82) is 0 Å². The number of rotatable bonds is 5. The highest BCUT2D eigenvalue weighted by molar-refractivity contribution is 5.80. The molecule has 0 saturated carbocycles. The second-order valence-electron chi connectivity index (χ2n) is 6.38. The first-order chi connectivity index (χ1) is 11.7. The molecule has 1 aromatic carbocycles. The average molecular weight is 328 g/mol. The summed E-state index contributed by atoms with van der Waals surface area (Å²) >= 11 is 0. The highest BCUT2D eigenvalue weighted by Crippen LogP contribution is 2.22. The molecule has 2 aromatic rings. The second kappa shape index (κ2) is 7.53. The van der Waals surface area contributed by atoms with Crippen molar-refractivity contribution in [3.63, 3.8) is 0 Å². The Morgan fingerprint density at radius 2 is 2.00 bits per heavy atom. The molecule has 0 radical (unpaired) electrons. The lowest BCUT2D eigenvalue weighted by molar-refractivity contribution is -0.136. The van der Waals surface area contributed by atoms with E-state index in [-0.39, 0.29) is 5.91 Å². The van der Waals surface area contributed by atoms with Gasteiger partial charge in [0.15, 0.2) is 0 Å². The Morgan fingerprint density at radius 1 is 1.29 bits per heavy atom. The molecule has 1 aliphatic rings. The van der Waals surface area contributed by atoms with E-state index in [1.807, 2.05) is 42.2 Å². The van der Waals surface area contributed by atoms with Gasteiger partial charge in [0.25, 0.3) is 0 Å². The van der Waals surface area contributed by atoms with Crippen LogP contribution in [0, 0.1) is 12.8 Å². The van der Waals surface area contributed by atoms with Crippen LogP contribution in [0.25, 0.3) is 0 Å². The number of likely N-dealkylation sites (tertiary alicyclic amines) is 1. The van der Waals surface area contributed by atoms with Crippen LogP contribution in [0.2, 0.25) is 0 Å². The summed E-state index contributed by atoms with van der Waals surface area (Å²) in [5.41, 5.74) is 6.85. The van der Waals surface area contributed by atoms with Gasteiger partial charge in [-0.2, -0.15) is 0 Å². The van der Waals surface area contributed by atoms with Crippen molar-refractivity contribution >= 4 is 5.91 Å². The zero-order valence-corrected chi connectivity index (χ0v) is 14.0. The van der Waals surface area contributed by atoms with Gasteiger partial charge in [-0.1, -0.05) is 30.3 Å². The Hall–Kier alpha value is -2.28. The molecule has 2 N–H and O–H groups in total. The number of carbonyl (C=O) groups is 1. The lowest BCUT2D eigenvalue weighted by Gasteiger charge is -2.33. The number of benzene rings is 1. The largest absolute Gasteiger partial charge is 0.341 e. The number of carbonyl (C=O) groups excluding carboxylic acids is 1. The Bertz CT molecular complexity index is 663. The topological polar surface area (TPSA) is 89.9 Å². The fraction of sp³-hybridized carbons (Fsp3) is 0.529. The zero-order valence-electron chi connectivity index (χ0n) is 14.0. The third-order valence-electron chi connectivity index (χ3n) is 4.77. The molecule has 1 aliphatic heterocycles. The molecule has 0 bridgehead atoms. The average Bonchev–Trinajstić information content (AvgIpc) is 3.06. The lowest BCUT2D eigenvalue weighted by atomic mass is 9.96. The molecule has 3 rings (SSSR count). The molecule has 2 heterocycles. The van der Waals surface area contributed by atoms with Crippen LogP contribution in [-0.4, -0.2) is 50.6 Å². The van der Waals surface area contributed by atoms with Crippen LogP contribution < -0.4 is 5.73 Å². The Kier molecular flexibility index (Phi) is 5.20. The molecule has 1 saturated heterocycles. The van der Waals surface area contributed by atoms with E-state index in [2.05, 4.69) is 15.5 Å². The molecule has 1 aromatic heterocycles. The molecule has 0 aliphatic carbocycles. The van der Waals surface area contributed by atoms with Crippen LogP contribution in [0.5, 0.6) is 0 Å². The fourth-order valence-corrected chi connectivity index (χ4v) is 3.24. The van der Waals surface area contributed by atoms with Crippen molar-refractivity contribution in [1.82, 2.24) is 25.1 Å². The smallest absolute Gasteiger partial charge is 0.247 e. The normalized spacial score (nSPS) is 17.0. The van der Waals surface area contributed by atoms with Crippen LogP contribution in [0.4, 0.5) is 0 Å². The van der Waals surface area contributed by atoms with Crippen LogP contribution >= 0.6 is 0 Å². The number of tetrazole rings is 1. The van der Waals surface area contributed by atoms with E-state index < -0.39 is 6.04 Å². The van der Waals surface area contributed by atoms with Crippen LogP contribution in [0.1, 0.15) is 30.3 Å². The van der Waals surface area contributed by atoms with Crippen LogP contribution in [-0.2, 0) is 11.2 Å². The van der Waals surface area contributed by atoms with Gasteiger partial charge in [0.2, 0.25) is 5.91 Å². The van der Waals surface area contributed by atoms with E-state index in [1.54, 1.807) is 4.68 Å². The van der Waals surface area contributed by atoms with Crippen molar-refractivity contribution in [2.75, 3.05) is 19.6 Å². The zero-order chi connectivity index (χ0) is 16.9. The van der Waals surface area contributed by atoms with Crippen molar-refractivity contribution in [3.05, 3.63) is 41.7 Å². The molecule has 128 valence electrons. The first-order valence-electron chi connectivity index (χ1n) is 8.46. The fourth-order valence-electron chi connectivity index (χ4n) is 3.24. The van der Waals surface area contributed by atoms with E-state index >= 15 is 0 Å². The lowest BCUT2D eigenvalue weighted by Crippen LogP contribution is -2.44. The van der Waals surface area contributed by atoms with E-state index in [0.717, 1.165) is 31.5 Å². The number of hydrogen-bond donors (Lipinski definition) is 1. The quantitative estimate of drug-likeness (QED) is 0.883. The standard InChI is InChI=1S/C17H24N6O/c1-13-19-20-21-23(13)16(11-14-5-3-2-4-6-14)17(24)22-9-7-15(12-18)8-10-22/h2-6,15-16H,7-12,18H2,1H3. The van der Waals surface area contributed by atoms with E-state index in [0.29, 0.717) is 24.7 Å². The molecule has 24 heavy (non-hydrogen) atoms. The maximum atomic E-state index is 13.1. The summed E-state index contributed by atoms with van der Waals surface area (Å²) in [5, 5.41) is 11.7. The van der Waals surface area contributed by atoms with Gasteiger partial charge in [-0.25, -0.2) is 4.68 Å². The molecule has 1 fully saturated rings. The monoisotopic (exact) mass is 328 g/mol. The van der Waals surface area contributed by atoms with Gasteiger partial charge >= 0.3 is 0 Å². The highest BCUT2D eigenvalue weighted by Gasteiger charge is 2.31. The first-order valence-corrected chi connectivity index (χ1v) is 8.46. The number of amides is 1. The number of nitrogens with two attached hydrogens (primary N) is 1. The van der Waals surface area contributed by atoms with Crippen molar-refractivity contribution < 1.29 is 4.79 Å². The highest BCUT2D eigenvalue weighted by atomic mass is 16.2. The minimum atomic E-state index is -0.406. The molecular weight excluding hydrogens is 304 g/mol. The number of aryl methyl sites for hydroxylation is 1. The Morgan fingerprint density at radius 3 is 2.58 bits per heavy atom. The third kappa shape index (κ3) is 3.62. The van der Waals surface area contributed by atoms with Gasteiger partial charge in [0, 0.05) is 19.5 Å². The summed E-state index contributed by atoms with van der Waals surface area (Å²) in [5.74, 6) is 1.27. The van der Waals surface area contributed by atoms with Gasteiger partial charge < -0.3 is 10.6 Å². The molecule has 0 spiro atoms. The summed E-state index contributed by atoms with van der Waals surface area (Å²) in [7, 11) is 0. The van der Waals surface area contributed by atoms with Gasteiger partial charge in [-0.15, -0.1) is 5.10 Å². The minimum absolute atomic E-state index is 0.0877. The van der Waals surface area contributed by atoms with Crippen molar-refractivity contribution in [3.8, 4) is 0 Å². The van der Waals surface area contributed by atoms with E-state index in [9.17, 15) is 4.79 Å². The molecule has 1 unspecified atom stereocenters. The van der Waals surface area contributed by atoms with Gasteiger partial charge in [-0.3, -0.25) is 4.79 Å². The van der Waals surface area contributed by atoms with Crippen LogP contribution in [0.3, 0.4) is 0 Å². The minimum Gasteiger partial charge on any atom is -0.341 e.